The van der Waals surface area contributed by atoms with Crippen molar-refractivity contribution in [3.05, 3.63) is 25.3 Å². The van der Waals surface area contributed by atoms with Crippen molar-refractivity contribution in [2.45, 2.75) is 26.3 Å². The van der Waals surface area contributed by atoms with Crippen LogP contribution in [0.3, 0.4) is 0 Å². The van der Waals surface area contributed by atoms with Crippen molar-refractivity contribution in [2.75, 3.05) is 13.1 Å². The molecule has 0 aromatic heterocycles. The van der Waals surface area contributed by atoms with Crippen molar-refractivity contribution >= 4 is 0 Å². The Bertz CT molecular complexity index is 122. The van der Waals surface area contributed by atoms with Gasteiger partial charge in [0.15, 0.2) is 0 Å². The van der Waals surface area contributed by atoms with Crippen molar-refractivity contribution < 1.29 is 5.01 Å². The lowest BCUT2D eigenvalue weighted by Gasteiger charge is -2.20. The number of hydrogen-bond acceptors (Lipinski definition) is 1. The summed E-state index contributed by atoms with van der Waals surface area (Å²) in [5.74, 6) is 0. The van der Waals surface area contributed by atoms with Crippen molar-refractivity contribution in [2.24, 2.45) is 0 Å². The molecule has 0 heterocycles. The van der Waals surface area contributed by atoms with Gasteiger partial charge in [0, 0.05) is 0 Å². The largest absolute Gasteiger partial charge is 0.251 e. The lowest BCUT2D eigenvalue weighted by molar-refractivity contribution is -0.937. The summed E-state index contributed by atoms with van der Waals surface area (Å²) in [7, 11) is 0. The minimum Gasteiger partial charge on any atom is -0.251 e. The number of rotatable bonds is 7. The Kier molecular flexibility index (Phi) is 6.72. The van der Waals surface area contributed by atoms with E-state index in [1.54, 1.807) is 0 Å². The Hall–Kier alpha value is -0.600. The van der Waals surface area contributed by atoms with E-state index in [4.69, 9.17) is 0 Å². The molecule has 2 heteroatoms. The van der Waals surface area contributed by atoms with Gasteiger partial charge in [-0.25, -0.2) is 0 Å². The molecule has 0 bridgehead atoms. The van der Waals surface area contributed by atoms with Crippen LogP contribution in [-0.2, 0) is 0 Å². The zero-order chi connectivity index (χ0) is 9.40. The third-order valence-electron chi connectivity index (χ3n) is 1.84. The molecular formula is C10H21N2+. The first kappa shape index (κ1) is 11.4. The zero-order valence-corrected chi connectivity index (χ0v) is 8.27. The summed E-state index contributed by atoms with van der Waals surface area (Å²) in [6, 6.07) is 0.555. The lowest BCUT2D eigenvalue weighted by Crippen LogP contribution is -3.19. The highest BCUT2D eigenvalue weighted by molar-refractivity contribution is 4.67. The first-order valence-corrected chi connectivity index (χ1v) is 4.57. The van der Waals surface area contributed by atoms with Crippen LogP contribution in [0.4, 0.5) is 0 Å². The van der Waals surface area contributed by atoms with Gasteiger partial charge in [0.2, 0.25) is 0 Å². The lowest BCUT2D eigenvalue weighted by atomic mass is 10.3. The fourth-order valence-corrected chi connectivity index (χ4v) is 1.00. The quantitative estimate of drug-likeness (QED) is 0.420. The topological polar surface area (TPSA) is 16.5 Å². The Balaban J connectivity index is 3.75. The second kappa shape index (κ2) is 7.07. The van der Waals surface area contributed by atoms with Crippen molar-refractivity contribution in [3.8, 4) is 0 Å². The highest BCUT2D eigenvalue weighted by Crippen LogP contribution is 1.82. The summed E-state index contributed by atoms with van der Waals surface area (Å²) >= 11 is 0. The fraction of sp³-hybridized carbons (Fsp3) is 0.600. The van der Waals surface area contributed by atoms with Gasteiger partial charge >= 0.3 is 0 Å². The molecule has 0 spiro atoms. The fourth-order valence-electron chi connectivity index (χ4n) is 1.00. The molecule has 0 aliphatic heterocycles. The average molecular weight is 169 g/mol. The highest BCUT2D eigenvalue weighted by atomic mass is 15.5. The standard InChI is InChI=1S/C10H20N2/c1-5-8-12(9-6-2)11-10(4)7-3/h5-6,10-11H,1-2,7-9H2,3-4H3/p+1. The maximum Gasteiger partial charge on any atom is 0.113 e. The van der Waals surface area contributed by atoms with Crippen LogP contribution in [0, 0.1) is 0 Å². The van der Waals surface area contributed by atoms with E-state index in [0.717, 1.165) is 19.5 Å². The van der Waals surface area contributed by atoms with Gasteiger partial charge < -0.3 is 0 Å². The maximum atomic E-state index is 3.72. The van der Waals surface area contributed by atoms with E-state index in [0.29, 0.717) is 6.04 Å². The van der Waals surface area contributed by atoms with Gasteiger partial charge in [-0.3, -0.25) is 5.01 Å². The second-order valence-electron chi connectivity index (χ2n) is 3.04. The zero-order valence-electron chi connectivity index (χ0n) is 8.27. The van der Waals surface area contributed by atoms with Gasteiger partial charge in [-0.1, -0.05) is 20.1 Å². The van der Waals surface area contributed by atoms with Gasteiger partial charge in [0.1, 0.15) is 13.1 Å². The molecule has 0 aliphatic carbocycles. The van der Waals surface area contributed by atoms with E-state index in [1.807, 2.05) is 12.2 Å². The Morgan fingerprint density at radius 1 is 1.33 bits per heavy atom. The molecule has 0 saturated heterocycles. The molecule has 0 aliphatic rings. The summed E-state index contributed by atoms with van der Waals surface area (Å²) in [6.07, 6.45) is 5.00. The smallest absolute Gasteiger partial charge is 0.113 e. The van der Waals surface area contributed by atoms with Crippen LogP contribution in [0.25, 0.3) is 0 Å². The number of hydrogen-bond donors (Lipinski definition) is 2. The molecule has 0 saturated carbocycles. The molecule has 0 fully saturated rings. The molecule has 2 nitrogen and oxygen atoms in total. The summed E-state index contributed by atoms with van der Waals surface area (Å²) in [6.45, 7) is 13.7. The van der Waals surface area contributed by atoms with Gasteiger partial charge in [-0.2, -0.15) is 5.43 Å². The van der Waals surface area contributed by atoms with Crippen LogP contribution >= 0.6 is 0 Å². The van der Waals surface area contributed by atoms with Crippen LogP contribution < -0.4 is 10.4 Å². The van der Waals surface area contributed by atoms with E-state index in [9.17, 15) is 0 Å². The predicted molar refractivity (Wildman–Crippen MR) is 54.0 cm³/mol. The first-order chi connectivity index (χ1) is 5.74. The molecule has 0 aromatic rings. The van der Waals surface area contributed by atoms with Crippen molar-refractivity contribution in [1.82, 2.24) is 5.43 Å². The molecule has 70 valence electrons. The van der Waals surface area contributed by atoms with E-state index >= 15 is 0 Å². The Morgan fingerprint density at radius 2 is 1.83 bits per heavy atom. The normalized spacial score (nSPS) is 12.9. The average Bonchev–Trinajstić information content (AvgIpc) is 2.05. The third kappa shape index (κ3) is 5.10. The maximum absolute atomic E-state index is 3.72. The molecule has 2 N–H and O–H groups in total. The van der Waals surface area contributed by atoms with E-state index < -0.39 is 0 Å². The van der Waals surface area contributed by atoms with Gasteiger partial charge in [-0.05, 0) is 25.5 Å². The molecular weight excluding hydrogens is 148 g/mol. The predicted octanol–water partition coefficient (Wildman–Crippen LogP) is 0.546. The van der Waals surface area contributed by atoms with E-state index in [-0.39, 0.29) is 0 Å². The SMILES string of the molecule is C=CC[NH+](CC=C)NC(C)CC. The monoisotopic (exact) mass is 169 g/mol. The first-order valence-electron chi connectivity index (χ1n) is 4.57. The van der Waals surface area contributed by atoms with Crippen molar-refractivity contribution in [1.29, 1.82) is 0 Å². The van der Waals surface area contributed by atoms with Crippen LogP contribution in [0.15, 0.2) is 25.3 Å². The summed E-state index contributed by atoms with van der Waals surface area (Å²) in [5.41, 5.74) is 3.44. The van der Waals surface area contributed by atoms with Crippen molar-refractivity contribution in [3.63, 3.8) is 0 Å². The number of nitrogens with one attached hydrogen (secondary N) is 2. The molecule has 1 unspecified atom stereocenters. The summed E-state index contributed by atoms with van der Waals surface area (Å²) < 4.78 is 0. The van der Waals surface area contributed by atoms with Gasteiger partial charge in [0.05, 0.1) is 6.04 Å². The Labute approximate surface area is 75.9 Å². The molecule has 0 aromatic carbocycles. The molecule has 0 amide bonds. The van der Waals surface area contributed by atoms with Gasteiger partial charge in [-0.15, -0.1) is 0 Å². The minimum atomic E-state index is 0.555. The van der Waals surface area contributed by atoms with Crippen LogP contribution in [0.2, 0.25) is 0 Å². The molecule has 12 heavy (non-hydrogen) atoms. The van der Waals surface area contributed by atoms with Crippen LogP contribution in [0.1, 0.15) is 20.3 Å². The number of quaternary nitrogens is 1. The summed E-state index contributed by atoms with van der Waals surface area (Å²) in [4.78, 5) is 0. The third-order valence-corrected chi connectivity index (χ3v) is 1.84. The van der Waals surface area contributed by atoms with Gasteiger partial charge in [0.25, 0.3) is 0 Å². The minimum absolute atomic E-state index is 0.555. The second-order valence-corrected chi connectivity index (χ2v) is 3.04. The van der Waals surface area contributed by atoms with Crippen LogP contribution in [0.5, 0.6) is 0 Å². The van der Waals surface area contributed by atoms with E-state index in [1.165, 1.54) is 5.01 Å². The summed E-state index contributed by atoms with van der Waals surface area (Å²) in [5, 5.41) is 1.31. The molecule has 0 rings (SSSR count). The molecule has 0 radical (unpaired) electrons. The van der Waals surface area contributed by atoms with Crippen LogP contribution in [-0.4, -0.2) is 19.1 Å². The molecule has 1 atom stereocenters. The van der Waals surface area contributed by atoms with E-state index in [2.05, 4.69) is 32.4 Å². The Morgan fingerprint density at radius 3 is 2.17 bits per heavy atom. The highest BCUT2D eigenvalue weighted by Gasteiger charge is 2.06.